The second-order valence-corrected chi connectivity index (χ2v) is 5.79. The molecule has 0 saturated carbocycles. The topological polar surface area (TPSA) is 83.5 Å². The Hall–Kier alpha value is -1.61. The predicted octanol–water partition coefficient (Wildman–Crippen LogP) is 1.77. The maximum atomic E-state index is 12.7. The number of carbonyl (C=O) groups is 1. The van der Waals surface area contributed by atoms with Gasteiger partial charge in [-0.15, -0.1) is 0 Å². The monoisotopic (exact) mass is 311 g/mol. The minimum Gasteiger partial charge on any atom is -0.480 e. The molecule has 0 fully saturated rings. The molecule has 112 valence electrons. The zero-order valence-corrected chi connectivity index (χ0v) is 11.3. The number of alkyl halides is 3. The van der Waals surface area contributed by atoms with E-state index in [0.717, 1.165) is 32.0 Å². The van der Waals surface area contributed by atoms with Crippen molar-refractivity contribution in [2.75, 3.05) is 0 Å². The average molecular weight is 311 g/mol. The normalized spacial score (nSPS) is 14.1. The number of nitrogens with one attached hydrogen (secondary N) is 1. The Morgan fingerprint density at radius 1 is 1.35 bits per heavy atom. The van der Waals surface area contributed by atoms with Gasteiger partial charge in [-0.1, -0.05) is 6.07 Å². The van der Waals surface area contributed by atoms with Crippen LogP contribution in [0.4, 0.5) is 13.2 Å². The van der Waals surface area contributed by atoms with Gasteiger partial charge in [0.1, 0.15) is 6.04 Å². The Labute approximate surface area is 113 Å². The van der Waals surface area contributed by atoms with Crippen LogP contribution in [-0.4, -0.2) is 25.5 Å². The highest BCUT2D eigenvalue weighted by atomic mass is 32.2. The summed E-state index contributed by atoms with van der Waals surface area (Å²) in [6.07, 6.45) is -4.69. The van der Waals surface area contributed by atoms with Gasteiger partial charge < -0.3 is 5.11 Å². The van der Waals surface area contributed by atoms with E-state index in [4.69, 9.17) is 5.11 Å². The van der Waals surface area contributed by atoms with Crippen molar-refractivity contribution in [1.29, 1.82) is 0 Å². The Morgan fingerprint density at radius 2 is 1.90 bits per heavy atom. The maximum Gasteiger partial charge on any atom is 0.416 e. The fourth-order valence-electron chi connectivity index (χ4n) is 1.56. The Bertz CT molecular complexity index is 625. The molecule has 0 aromatic heterocycles. The first-order chi connectivity index (χ1) is 8.97. The molecule has 0 aliphatic carbocycles. The molecule has 20 heavy (non-hydrogen) atoms. The molecule has 0 aliphatic heterocycles. The van der Waals surface area contributed by atoms with Gasteiger partial charge in [0.05, 0.1) is 10.5 Å². The van der Waals surface area contributed by atoms with Crippen molar-refractivity contribution in [3.8, 4) is 0 Å². The van der Waals surface area contributed by atoms with Crippen LogP contribution in [0.5, 0.6) is 0 Å². The zero-order valence-electron chi connectivity index (χ0n) is 10.5. The summed E-state index contributed by atoms with van der Waals surface area (Å²) in [4.78, 5) is 10.0. The maximum absolute atomic E-state index is 12.7. The van der Waals surface area contributed by atoms with Crippen molar-refractivity contribution in [2.24, 2.45) is 0 Å². The van der Waals surface area contributed by atoms with Gasteiger partial charge in [0.2, 0.25) is 10.0 Å². The number of halogens is 3. The zero-order chi connectivity index (χ0) is 15.7. The first-order valence-corrected chi connectivity index (χ1v) is 6.87. The molecule has 0 amide bonds. The van der Waals surface area contributed by atoms with Gasteiger partial charge in [0.25, 0.3) is 0 Å². The van der Waals surface area contributed by atoms with E-state index in [2.05, 4.69) is 0 Å². The second kappa shape index (κ2) is 5.41. The molecule has 2 N–H and O–H groups in total. The predicted molar refractivity (Wildman–Crippen MR) is 63.6 cm³/mol. The van der Waals surface area contributed by atoms with E-state index in [1.807, 2.05) is 0 Å². The fourth-order valence-corrected chi connectivity index (χ4v) is 3.02. The Morgan fingerprint density at radius 3 is 2.35 bits per heavy atom. The summed E-state index contributed by atoms with van der Waals surface area (Å²) in [5.74, 6) is -1.43. The van der Waals surface area contributed by atoms with Crippen LogP contribution in [0.1, 0.15) is 18.1 Å². The van der Waals surface area contributed by atoms with E-state index in [9.17, 15) is 26.4 Å². The van der Waals surface area contributed by atoms with Gasteiger partial charge in [0, 0.05) is 0 Å². The Balaban J connectivity index is 3.31. The molecule has 0 aliphatic rings. The number of hydrogen-bond donors (Lipinski definition) is 2. The number of carboxylic acid groups (broad SMARTS) is 1. The van der Waals surface area contributed by atoms with Crippen LogP contribution in [0.15, 0.2) is 23.1 Å². The van der Waals surface area contributed by atoms with Crippen molar-refractivity contribution in [3.63, 3.8) is 0 Å². The van der Waals surface area contributed by atoms with Crippen molar-refractivity contribution in [3.05, 3.63) is 29.3 Å². The molecule has 1 rings (SSSR count). The summed E-state index contributed by atoms with van der Waals surface area (Å²) < 4.78 is 63.7. The third-order valence-corrected chi connectivity index (χ3v) is 4.27. The highest BCUT2D eigenvalue weighted by Crippen LogP contribution is 2.34. The lowest BCUT2D eigenvalue weighted by Crippen LogP contribution is -2.38. The van der Waals surface area contributed by atoms with Gasteiger partial charge in [0.15, 0.2) is 0 Å². The third kappa shape index (κ3) is 3.48. The Kier molecular flexibility index (Phi) is 4.45. The molecule has 1 aromatic carbocycles. The largest absolute Gasteiger partial charge is 0.480 e. The lowest BCUT2D eigenvalue weighted by atomic mass is 10.1. The van der Waals surface area contributed by atoms with Gasteiger partial charge in [-0.05, 0) is 31.5 Å². The van der Waals surface area contributed by atoms with E-state index >= 15 is 0 Å². The van der Waals surface area contributed by atoms with Crippen LogP contribution in [0.3, 0.4) is 0 Å². The molecule has 0 radical (unpaired) electrons. The van der Waals surface area contributed by atoms with E-state index in [-0.39, 0.29) is 0 Å². The van der Waals surface area contributed by atoms with Crippen molar-refractivity contribution in [1.82, 2.24) is 4.72 Å². The first kappa shape index (κ1) is 16.4. The minimum atomic E-state index is -4.69. The summed E-state index contributed by atoms with van der Waals surface area (Å²) in [6.45, 7) is 2.09. The summed E-state index contributed by atoms with van der Waals surface area (Å²) in [5.41, 5.74) is -1.56. The van der Waals surface area contributed by atoms with Gasteiger partial charge in [-0.25, -0.2) is 8.42 Å². The number of benzene rings is 1. The van der Waals surface area contributed by atoms with Crippen LogP contribution < -0.4 is 4.72 Å². The van der Waals surface area contributed by atoms with E-state index in [0.29, 0.717) is 0 Å². The highest BCUT2D eigenvalue weighted by molar-refractivity contribution is 7.89. The lowest BCUT2D eigenvalue weighted by molar-refractivity contribution is -0.139. The standard InChI is InChI=1S/C11H12F3NO4S/c1-6-8(11(12,13)14)4-3-5-9(6)20(18,19)15-7(2)10(16)17/h3-5,7,15H,1-2H3,(H,16,17)/t7-/m1/s1. The van der Waals surface area contributed by atoms with Crippen LogP contribution in [0.2, 0.25) is 0 Å². The summed E-state index contributed by atoms with van der Waals surface area (Å²) in [5, 5.41) is 8.64. The molecule has 9 heteroatoms. The average Bonchev–Trinajstić information content (AvgIpc) is 2.26. The van der Waals surface area contributed by atoms with Gasteiger partial charge >= 0.3 is 12.1 Å². The molecule has 5 nitrogen and oxygen atoms in total. The second-order valence-electron chi connectivity index (χ2n) is 4.11. The molecule has 0 saturated heterocycles. The first-order valence-electron chi connectivity index (χ1n) is 5.38. The third-order valence-electron chi connectivity index (χ3n) is 2.58. The summed E-state index contributed by atoms with van der Waals surface area (Å²) in [7, 11) is -4.35. The molecular formula is C11H12F3NO4S. The molecule has 0 spiro atoms. The van der Waals surface area contributed by atoms with Crippen molar-refractivity contribution in [2.45, 2.75) is 31.0 Å². The molecule has 0 heterocycles. The van der Waals surface area contributed by atoms with E-state index in [1.54, 1.807) is 4.72 Å². The minimum absolute atomic E-state index is 0.481. The SMILES string of the molecule is Cc1c(C(F)(F)F)cccc1S(=O)(=O)N[C@H](C)C(=O)O. The number of rotatable bonds is 4. The molecule has 1 atom stereocenters. The molecule has 0 unspecified atom stereocenters. The molecule has 0 bridgehead atoms. The lowest BCUT2D eigenvalue weighted by Gasteiger charge is -2.15. The number of hydrogen-bond acceptors (Lipinski definition) is 3. The molecular weight excluding hydrogens is 299 g/mol. The van der Waals surface area contributed by atoms with Gasteiger partial charge in [-0.2, -0.15) is 17.9 Å². The number of carboxylic acids is 1. The van der Waals surface area contributed by atoms with Crippen molar-refractivity contribution >= 4 is 16.0 Å². The summed E-state index contributed by atoms with van der Waals surface area (Å²) in [6, 6.07) is 1.25. The smallest absolute Gasteiger partial charge is 0.416 e. The quantitative estimate of drug-likeness (QED) is 0.887. The van der Waals surface area contributed by atoms with Gasteiger partial charge in [-0.3, -0.25) is 4.79 Å². The summed E-state index contributed by atoms with van der Waals surface area (Å²) >= 11 is 0. The number of sulfonamides is 1. The van der Waals surface area contributed by atoms with Crippen LogP contribution in [-0.2, 0) is 21.0 Å². The number of aliphatic carboxylic acids is 1. The highest BCUT2D eigenvalue weighted by Gasteiger charge is 2.35. The van der Waals surface area contributed by atoms with Crippen LogP contribution >= 0.6 is 0 Å². The fraction of sp³-hybridized carbons (Fsp3) is 0.364. The van der Waals surface area contributed by atoms with Crippen molar-refractivity contribution < 1.29 is 31.5 Å². The van der Waals surface area contributed by atoms with E-state index < -0.39 is 44.2 Å². The van der Waals surface area contributed by atoms with Crippen LogP contribution in [0.25, 0.3) is 0 Å². The molecule has 1 aromatic rings. The van der Waals surface area contributed by atoms with E-state index in [1.165, 1.54) is 0 Å². The van der Waals surface area contributed by atoms with Crippen LogP contribution in [0, 0.1) is 6.92 Å².